The van der Waals surface area contributed by atoms with Crippen LogP contribution in [0, 0.1) is 6.92 Å². The van der Waals surface area contributed by atoms with Crippen molar-refractivity contribution in [2.45, 2.75) is 18.4 Å². The lowest BCUT2D eigenvalue weighted by atomic mass is 10.2. The molecular weight excluding hydrogens is 262 g/mol. The molecule has 0 atom stereocenters. The molecule has 0 aromatic heterocycles. The second-order valence-electron chi connectivity index (χ2n) is 4.27. The zero-order chi connectivity index (χ0) is 13.9. The highest BCUT2D eigenvalue weighted by atomic mass is 32.2. The lowest BCUT2D eigenvalue weighted by Gasteiger charge is -2.08. The number of sulfonamides is 1. The van der Waals surface area contributed by atoms with Crippen LogP contribution in [0.4, 0.5) is 5.69 Å². The molecule has 2 N–H and O–H groups in total. The van der Waals surface area contributed by atoms with Crippen LogP contribution in [-0.4, -0.2) is 13.5 Å². The van der Waals surface area contributed by atoms with Gasteiger partial charge in [-0.25, -0.2) is 8.42 Å². The van der Waals surface area contributed by atoms with Crippen molar-refractivity contribution in [3.63, 3.8) is 0 Å². The molecule has 100 valence electrons. The fraction of sp³-hybridized carbons (Fsp3) is 0.143. The van der Waals surface area contributed by atoms with Crippen molar-refractivity contribution in [3.05, 3.63) is 59.7 Å². The van der Waals surface area contributed by atoms with Crippen molar-refractivity contribution in [3.8, 4) is 0 Å². The number of hydrogen-bond acceptors (Lipinski definition) is 3. The predicted octanol–water partition coefficient (Wildman–Crippen LogP) is 2.29. The Labute approximate surface area is 112 Å². The SMILES string of the molecule is Cc1ccc(S(=O)(=O)Nc2ccc(CO)cc2)cc1. The molecule has 0 saturated carbocycles. The van der Waals surface area contributed by atoms with Gasteiger partial charge >= 0.3 is 0 Å². The summed E-state index contributed by atoms with van der Waals surface area (Å²) in [7, 11) is -3.56. The molecular formula is C14H15NO3S. The van der Waals surface area contributed by atoms with Gasteiger partial charge in [0.1, 0.15) is 0 Å². The number of benzene rings is 2. The summed E-state index contributed by atoms with van der Waals surface area (Å²) in [6.07, 6.45) is 0. The average molecular weight is 277 g/mol. The topological polar surface area (TPSA) is 66.4 Å². The summed E-state index contributed by atoms with van der Waals surface area (Å²) in [5, 5.41) is 8.93. The maximum Gasteiger partial charge on any atom is 0.261 e. The van der Waals surface area contributed by atoms with Crippen molar-refractivity contribution in [2.24, 2.45) is 0 Å². The molecule has 2 rings (SSSR count). The average Bonchev–Trinajstić information content (AvgIpc) is 2.40. The molecule has 4 nitrogen and oxygen atoms in total. The Hall–Kier alpha value is -1.85. The van der Waals surface area contributed by atoms with Gasteiger partial charge in [0, 0.05) is 5.69 Å². The molecule has 0 heterocycles. The van der Waals surface area contributed by atoms with E-state index >= 15 is 0 Å². The smallest absolute Gasteiger partial charge is 0.261 e. The van der Waals surface area contributed by atoms with E-state index < -0.39 is 10.0 Å². The minimum Gasteiger partial charge on any atom is -0.392 e. The Morgan fingerprint density at radius 3 is 2.11 bits per heavy atom. The maximum absolute atomic E-state index is 12.1. The minimum atomic E-state index is -3.56. The molecule has 0 aliphatic rings. The summed E-state index contributed by atoms with van der Waals surface area (Å²) in [5.41, 5.74) is 2.21. The fourth-order valence-electron chi connectivity index (χ4n) is 1.61. The highest BCUT2D eigenvalue weighted by Crippen LogP contribution is 2.17. The molecule has 0 aliphatic heterocycles. The highest BCUT2D eigenvalue weighted by Gasteiger charge is 2.13. The first kappa shape index (κ1) is 13.6. The number of rotatable bonds is 4. The largest absolute Gasteiger partial charge is 0.392 e. The summed E-state index contributed by atoms with van der Waals surface area (Å²) >= 11 is 0. The lowest BCUT2D eigenvalue weighted by molar-refractivity contribution is 0.282. The van der Waals surface area contributed by atoms with E-state index in [0.29, 0.717) is 5.69 Å². The van der Waals surface area contributed by atoms with Crippen LogP contribution in [-0.2, 0) is 16.6 Å². The molecule has 0 bridgehead atoms. The van der Waals surface area contributed by atoms with E-state index in [2.05, 4.69) is 4.72 Å². The molecule has 5 heteroatoms. The van der Waals surface area contributed by atoms with Crippen LogP contribution in [0.1, 0.15) is 11.1 Å². The van der Waals surface area contributed by atoms with E-state index in [1.807, 2.05) is 6.92 Å². The van der Waals surface area contributed by atoms with E-state index in [1.165, 1.54) is 0 Å². The van der Waals surface area contributed by atoms with Gasteiger partial charge in [0.2, 0.25) is 0 Å². The van der Waals surface area contributed by atoms with E-state index in [1.54, 1.807) is 48.5 Å². The first-order valence-electron chi connectivity index (χ1n) is 5.80. The Morgan fingerprint density at radius 2 is 1.58 bits per heavy atom. The summed E-state index contributed by atoms with van der Waals surface area (Å²) < 4.78 is 26.7. The zero-order valence-corrected chi connectivity index (χ0v) is 11.3. The molecule has 19 heavy (non-hydrogen) atoms. The van der Waals surface area contributed by atoms with Crippen molar-refractivity contribution < 1.29 is 13.5 Å². The van der Waals surface area contributed by atoms with E-state index in [4.69, 9.17) is 5.11 Å². The number of hydrogen-bond donors (Lipinski definition) is 2. The molecule has 0 spiro atoms. The van der Waals surface area contributed by atoms with Crippen LogP contribution < -0.4 is 4.72 Å². The third-order valence-electron chi connectivity index (χ3n) is 2.72. The second kappa shape index (κ2) is 5.42. The van der Waals surface area contributed by atoms with Gasteiger partial charge in [-0.3, -0.25) is 4.72 Å². The number of nitrogens with one attached hydrogen (secondary N) is 1. The van der Waals surface area contributed by atoms with Gasteiger partial charge in [-0.1, -0.05) is 29.8 Å². The summed E-state index contributed by atoms with van der Waals surface area (Å²) in [4.78, 5) is 0.226. The fourth-order valence-corrected chi connectivity index (χ4v) is 2.67. The van der Waals surface area contributed by atoms with Crippen LogP contribution in [0.2, 0.25) is 0 Å². The molecule has 2 aromatic carbocycles. The highest BCUT2D eigenvalue weighted by molar-refractivity contribution is 7.92. The molecule has 0 saturated heterocycles. The Kier molecular flexibility index (Phi) is 3.87. The van der Waals surface area contributed by atoms with Gasteiger partial charge in [-0.2, -0.15) is 0 Å². The van der Waals surface area contributed by atoms with Crippen molar-refractivity contribution in [2.75, 3.05) is 4.72 Å². The standard InChI is InChI=1S/C14H15NO3S/c1-11-2-8-14(9-3-11)19(17,18)15-13-6-4-12(10-16)5-7-13/h2-9,15-16H,10H2,1H3. The zero-order valence-electron chi connectivity index (χ0n) is 10.5. The van der Waals surface area contributed by atoms with Gasteiger partial charge < -0.3 is 5.11 Å². The van der Waals surface area contributed by atoms with Gasteiger partial charge in [-0.15, -0.1) is 0 Å². The lowest BCUT2D eigenvalue weighted by Crippen LogP contribution is -2.12. The Morgan fingerprint density at radius 1 is 1.00 bits per heavy atom. The van der Waals surface area contributed by atoms with Gasteiger partial charge in [-0.05, 0) is 36.8 Å². The van der Waals surface area contributed by atoms with E-state index in [-0.39, 0.29) is 11.5 Å². The maximum atomic E-state index is 12.1. The molecule has 0 aliphatic carbocycles. The third-order valence-corrected chi connectivity index (χ3v) is 4.12. The van der Waals surface area contributed by atoms with E-state index in [0.717, 1.165) is 11.1 Å². The second-order valence-corrected chi connectivity index (χ2v) is 5.96. The molecule has 0 amide bonds. The summed E-state index contributed by atoms with van der Waals surface area (Å²) in [6, 6.07) is 13.2. The van der Waals surface area contributed by atoms with Gasteiger partial charge in [0.15, 0.2) is 0 Å². The summed E-state index contributed by atoms with van der Waals surface area (Å²) in [5.74, 6) is 0. The predicted molar refractivity (Wildman–Crippen MR) is 74.4 cm³/mol. The summed E-state index contributed by atoms with van der Waals surface area (Å²) in [6.45, 7) is 1.84. The molecule has 0 radical (unpaired) electrons. The normalized spacial score (nSPS) is 11.3. The van der Waals surface area contributed by atoms with Crippen LogP contribution >= 0.6 is 0 Å². The van der Waals surface area contributed by atoms with Gasteiger partial charge in [0.25, 0.3) is 10.0 Å². The first-order chi connectivity index (χ1) is 9.01. The third kappa shape index (κ3) is 3.33. The van der Waals surface area contributed by atoms with Gasteiger partial charge in [0.05, 0.1) is 11.5 Å². The Balaban J connectivity index is 2.23. The monoisotopic (exact) mass is 277 g/mol. The number of aliphatic hydroxyl groups is 1. The first-order valence-corrected chi connectivity index (χ1v) is 7.29. The van der Waals surface area contributed by atoms with Crippen LogP contribution in [0.15, 0.2) is 53.4 Å². The van der Waals surface area contributed by atoms with Crippen molar-refractivity contribution in [1.82, 2.24) is 0 Å². The molecule has 0 fully saturated rings. The van der Waals surface area contributed by atoms with E-state index in [9.17, 15) is 8.42 Å². The number of aryl methyl sites for hydroxylation is 1. The Bertz CT molecular complexity index is 646. The number of aliphatic hydroxyl groups excluding tert-OH is 1. The number of anilines is 1. The van der Waals surface area contributed by atoms with Crippen molar-refractivity contribution >= 4 is 15.7 Å². The molecule has 0 unspecified atom stereocenters. The van der Waals surface area contributed by atoms with Crippen LogP contribution in [0.5, 0.6) is 0 Å². The van der Waals surface area contributed by atoms with Crippen LogP contribution in [0.3, 0.4) is 0 Å². The van der Waals surface area contributed by atoms with Crippen LogP contribution in [0.25, 0.3) is 0 Å². The quantitative estimate of drug-likeness (QED) is 0.901. The molecule has 2 aromatic rings. The minimum absolute atomic E-state index is 0.0645. The van der Waals surface area contributed by atoms with Crippen molar-refractivity contribution in [1.29, 1.82) is 0 Å².